The summed E-state index contributed by atoms with van der Waals surface area (Å²) in [6.45, 7) is 1.57. The lowest BCUT2D eigenvalue weighted by molar-refractivity contribution is -0.124. The zero-order chi connectivity index (χ0) is 16.9. The van der Waals surface area contributed by atoms with Crippen molar-refractivity contribution in [1.29, 1.82) is 0 Å². The van der Waals surface area contributed by atoms with Crippen LogP contribution in [0.4, 0.5) is 0 Å². The summed E-state index contributed by atoms with van der Waals surface area (Å²) in [5.41, 5.74) is 1.20. The molecule has 0 saturated carbocycles. The van der Waals surface area contributed by atoms with Crippen molar-refractivity contribution in [3.63, 3.8) is 0 Å². The number of nitrogens with zero attached hydrogens (tertiary/aromatic N) is 1. The first-order valence-corrected chi connectivity index (χ1v) is 9.81. The Labute approximate surface area is 150 Å². The van der Waals surface area contributed by atoms with E-state index in [-0.39, 0.29) is 24.2 Å². The molecule has 5 nitrogen and oxygen atoms in total. The average Bonchev–Trinajstić information content (AvgIpc) is 3.34. The van der Waals surface area contributed by atoms with Crippen LogP contribution in [0.3, 0.4) is 0 Å². The van der Waals surface area contributed by atoms with Crippen LogP contribution < -0.4 is 5.32 Å². The smallest absolute Gasteiger partial charge is 0.358 e. The van der Waals surface area contributed by atoms with Crippen LogP contribution in [0.15, 0.2) is 39.7 Å². The Morgan fingerprint density at radius 3 is 2.83 bits per heavy atom. The maximum atomic E-state index is 12.0. The molecule has 0 aliphatic heterocycles. The normalized spacial score (nSPS) is 11.9. The lowest BCUT2D eigenvalue weighted by Crippen LogP contribution is -2.30. The monoisotopic (exact) mass is 378 g/mol. The lowest BCUT2D eigenvalue weighted by Gasteiger charge is -2.11. The van der Waals surface area contributed by atoms with E-state index in [9.17, 15) is 9.59 Å². The molecule has 0 unspecified atom stereocenters. The zero-order valence-corrected chi connectivity index (χ0v) is 15.2. The van der Waals surface area contributed by atoms with E-state index < -0.39 is 5.97 Å². The van der Waals surface area contributed by atoms with Gasteiger partial charge in [0, 0.05) is 21.2 Å². The molecule has 3 aromatic heterocycles. The highest BCUT2D eigenvalue weighted by molar-refractivity contribution is 7.14. The number of aromatic nitrogens is 1. The van der Waals surface area contributed by atoms with Crippen LogP contribution in [-0.4, -0.2) is 23.5 Å². The highest BCUT2D eigenvalue weighted by atomic mass is 32.1. The van der Waals surface area contributed by atoms with Crippen molar-refractivity contribution in [1.82, 2.24) is 10.3 Å². The fraction of sp³-hybridized carbons (Fsp3) is 0.188. The molecule has 1 N–H and O–H groups in total. The van der Waals surface area contributed by atoms with Crippen LogP contribution in [0.5, 0.6) is 0 Å². The summed E-state index contributed by atoms with van der Waals surface area (Å²) in [6.07, 6.45) is 0. The third-order valence-electron chi connectivity index (χ3n) is 3.16. The number of thiophene rings is 2. The Bertz CT molecular complexity index is 810. The van der Waals surface area contributed by atoms with Crippen molar-refractivity contribution in [2.45, 2.75) is 13.0 Å². The summed E-state index contributed by atoms with van der Waals surface area (Å²) in [5, 5.41) is 11.1. The molecule has 3 aromatic rings. The minimum atomic E-state index is -0.591. The molecule has 3 heterocycles. The SMILES string of the molecule is C[C@H](NC(=O)COC(=O)c1csc(-c2ccsc2)n1)c1cccs1. The maximum absolute atomic E-state index is 12.0. The van der Waals surface area contributed by atoms with Crippen LogP contribution in [-0.2, 0) is 9.53 Å². The van der Waals surface area contributed by atoms with Gasteiger partial charge in [0.25, 0.3) is 5.91 Å². The molecule has 124 valence electrons. The molecule has 1 amide bonds. The van der Waals surface area contributed by atoms with Crippen LogP contribution in [0.25, 0.3) is 10.6 Å². The second-order valence-corrected chi connectivity index (χ2v) is 7.55. The third kappa shape index (κ3) is 4.08. The fourth-order valence-electron chi connectivity index (χ4n) is 1.98. The lowest BCUT2D eigenvalue weighted by atomic mass is 10.3. The second kappa shape index (κ2) is 7.69. The van der Waals surface area contributed by atoms with Crippen molar-refractivity contribution in [3.05, 3.63) is 50.3 Å². The van der Waals surface area contributed by atoms with Gasteiger partial charge in [0.1, 0.15) is 5.01 Å². The van der Waals surface area contributed by atoms with E-state index in [2.05, 4.69) is 10.3 Å². The number of carbonyl (C=O) groups excluding carboxylic acids is 2. The Morgan fingerprint density at radius 2 is 2.12 bits per heavy atom. The molecule has 0 saturated heterocycles. The van der Waals surface area contributed by atoms with Gasteiger partial charge in [-0.25, -0.2) is 9.78 Å². The van der Waals surface area contributed by atoms with Crippen molar-refractivity contribution >= 4 is 45.9 Å². The van der Waals surface area contributed by atoms with Gasteiger partial charge in [-0.15, -0.1) is 22.7 Å². The molecule has 8 heteroatoms. The summed E-state index contributed by atoms with van der Waals surface area (Å²) < 4.78 is 5.04. The summed E-state index contributed by atoms with van der Waals surface area (Å²) >= 11 is 4.51. The first-order chi connectivity index (χ1) is 11.6. The fourth-order valence-corrected chi connectivity index (χ4v) is 4.22. The molecule has 0 fully saturated rings. The van der Waals surface area contributed by atoms with E-state index in [4.69, 9.17) is 4.74 Å². The van der Waals surface area contributed by atoms with Gasteiger partial charge in [-0.1, -0.05) is 6.07 Å². The molecular weight excluding hydrogens is 364 g/mol. The molecule has 1 atom stereocenters. The molecule has 0 aliphatic rings. The number of nitrogens with one attached hydrogen (secondary N) is 1. The van der Waals surface area contributed by atoms with Gasteiger partial charge in [-0.05, 0) is 29.8 Å². The van der Waals surface area contributed by atoms with Gasteiger partial charge in [0.05, 0.1) is 6.04 Å². The Hall–Kier alpha value is -2.03. The largest absolute Gasteiger partial charge is 0.451 e. The zero-order valence-electron chi connectivity index (χ0n) is 12.7. The number of hydrogen-bond donors (Lipinski definition) is 1. The number of thiazole rings is 1. The quantitative estimate of drug-likeness (QED) is 0.659. The number of carbonyl (C=O) groups is 2. The van der Waals surface area contributed by atoms with Crippen molar-refractivity contribution < 1.29 is 14.3 Å². The van der Waals surface area contributed by atoms with Gasteiger partial charge in [0.2, 0.25) is 0 Å². The van der Waals surface area contributed by atoms with Gasteiger partial charge in [-0.2, -0.15) is 11.3 Å². The Kier molecular flexibility index (Phi) is 5.39. The standard InChI is InChI=1S/C16H14N2O3S3/c1-10(13-3-2-5-23-13)17-14(19)7-21-16(20)12-9-24-15(18-12)11-4-6-22-8-11/h2-6,8-10H,7H2,1H3,(H,17,19)/t10-/m0/s1. The van der Waals surface area contributed by atoms with Gasteiger partial charge in [-0.3, -0.25) is 4.79 Å². The van der Waals surface area contributed by atoms with Crippen LogP contribution >= 0.6 is 34.0 Å². The average molecular weight is 379 g/mol. The first-order valence-electron chi connectivity index (χ1n) is 7.11. The number of hydrogen-bond acceptors (Lipinski definition) is 7. The summed E-state index contributed by atoms with van der Waals surface area (Å²) in [7, 11) is 0. The topological polar surface area (TPSA) is 68.3 Å². The molecule has 0 bridgehead atoms. The summed E-state index contributed by atoms with van der Waals surface area (Å²) in [6, 6.07) is 5.71. The predicted molar refractivity (Wildman–Crippen MR) is 96.6 cm³/mol. The van der Waals surface area contributed by atoms with Crippen LogP contribution in [0.2, 0.25) is 0 Å². The Morgan fingerprint density at radius 1 is 1.25 bits per heavy atom. The summed E-state index contributed by atoms with van der Waals surface area (Å²) in [4.78, 5) is 29.2. The third-order valence-corrected chi connectivity index (χ3v) is 5.79. The molecule has 3 rings (SSSR count). The van der Waals surface area contributed by atoms with E-state index in [0.717, 1.165) is 15.4 Å². The van der Waals surface area contributed by atoms with E-state index in [1.54, 1.807) is 28.1 Å². The van der Waals surface area contributed by atoms with E-state index >= 15 is 0 Å². The molecule has 0 aliphatic carbocycles. The highest BCUT2D eigenvalue weighted by Crippen LogP contribution is 2.25. The molecule has 0 radical (unpaired) electrons. The van der Waals surface area contributed by atoms with Gasteiger partial charge in [0.15, 0.2) is 12.3 Å². The van der Waals surface area contributed by atoms with Crippen molar-refractivity contribution in [3.8, 4) is 10.6 Å². The van der Waals surface area contributed by atoms with E-state index in [1.807, 2.05) is 41.3 Å². The number of rotatable bonds is 6. The maximum Gasteiger partial charge on any atom is 0.358 e. The van der Waals surface area contributed by atoms with E-state index in [1.165, 1.54) is 11.3 Å². The molecule has 0 spiro atoms. The van der Waals surface area contributed by atoms with Crippen molar-refractivity contribution in [2.24, 2.45) is 0 Å². The minimum absolute atomic E-state index is 0.110. The van der Waals surface area contributed by atoms with Crippen molar-refractivity contribution in [2.75, 3.05) is 6.61 Å². The van der Waals surface area contributed by atoms with E-state index in [0.29, 0.717) is 0 Å². The number of ether oxygens (including phenoxy) is 1. The minimum Gasteiger partial charge on any atom is -0.451 e. The van der Waals surface area contributed by atoms with Crippen LogP contribution in [0.1, 0.15) is 28.3 Å². The number of esters is 1. The molecule has 24 heavy (non-hydrogen) atoms. The van der Waals surface area contributed by atoms with Crippen LogP contribution in [0, 0.1) is 0 Å². The van der Waals surface area contributed by atoms with Gasteiger partial charge < -0.3 is 10.1 Å². The predicted octanol–water partition coefficient (Wildman–Crippen LogP) is 3.97. The van der Waals surface area contributed by atoms with Gasteiger partial charge >= 0.3 is 5.97 Å². The molecule has 0 aromatic carbocycles. The Balaban J connectivity index is 1.51. The first kappa shape index (κ1) is 16.8. The number of amides is 1. The molecular formula is C16H14N2O3S3. The highest BCUT2D eigenvalue weighted by Gasteiger charge is 2.16. The second-order valence-electron chi connectivity index (χ2n) is 4.93. The summed E-state index contributed by atoms with van der Waals surface area (Å²) in [5.74, 6) is -0.927.